The molecule has 0 amide bonds. The van der Waals surface area contributed by atoms with E-state index >= 15 is 0 Å². The lowest BCUT2D eigenvalue weighted by Gasteiger charge is -2.45. The van der Waals surface area contributed by atoms with Crippen molar-refractivity contribution in [2.75, 3.05) is 26.2 Å². The molecule has 1 saturated carbocycles. The van der Waals surface area contributed by atoms with Gasteiger partial charge in [0.05, 0.1) is 17.0 Å². The van der Waals surface area contributed by atoms with Crippen molar-refractivity contribution in [2.24, 2.45) is 10.9 Å². The normalized spacial score (nSPS) is 23.1. The van der Waals surface area contributed by atoms with Gasteiger partial charge in [-0.05, 0) is 55.7 Å². The molecule has 0 aromatic heterocycles. The Morgan fingerprint density at radius 3 is 2.47 bits per heavy atom. The molecule has 6 nitrogen and oxygen atoms in total. The molecule has 1 aliphatic carbocycles. The van der Waals surface area contributed by atoms with Crippen molar-refractivity contribution >= 4 is 15.9 Å². The Labute approximate surface area is 181 Å². The molecule has 2 fully saturated rings. The summed E-state index contributed by atoms with van der Waals surface area (Å²) < 4.78 is 28.1. The number of hydrogen-bond donors (Lipinski definition) is 2. The van der Waals surface area contributed by atoms with Gasteiger partial charge in [-0.3, -0.25) is 4.99 Å². The van der Waals surface area contributed by atoms with Gasteiger partial charge in [-0.1, -0.05) is 38.8 Å². The molecular weight excluding hydrogens is 396 g/mol. The molecular formula is C23H36N4O2S. The Morgan fingerprint density at radius 2 is 1.83 bits per heavy atom. The maximum absolute atomic E-state index is 13.2. The summed E-state index contributed by atoms with van der Waals surface area (Å²) in [5.41, 5.74) is 0.986. The standard InChI is InChI=1S/C23H36N4O2S/c1-18(2)17-19-7-9-21(10-8-19)30(28,29)27-15-11-23(12-16-27)22(24-13-14-25-23)26-20-5-3-4-6-20/h7-10,18,20,25H,3-6,11-17H2,1-2H3,(H,24,26). The van der Waals surface area contributed by atoms with Gasteiger partial charge in [-0.2, -0.15) is 4.31 Å². The highest BCUT2D eigenvalue weighted by Crippen LogP contribution is 2.30. The van der Waals surface area contributed by atoms with Crippen molar-refractivity contribution in [1.82, 2.24) is 14.9 Å². The summed E-state index contributed by atoms with van der Waals surface area (Å²) in [5.74, 6) is 1.62. The number of sulfonamides is 1. The van der Waals surface area contributed by atoms with Gasteiger partial charge < -0.3 is 10.6 Å². The highest BCUT2D eigenvalue weighted by molar-refractivity contribution is 7.89. The molecule has 1 spiro atoms. The van der Waals surface area contributed by atoms with Gasteiger partial charge in [0.25, 0.3) is 0 Å². The fourth-order valence-electron chi connectivity index (χ4n) is 5.09. The second-order valence-electron chi connectivity index (χ2n) is 9.51. The van der Waals surface area contributed by atoms with Gasteiger partial charge in [0.1, 0.15) is 5.84 Å². The predicted molar refractivity (Wildman–Crippen MR) is 121 cm³/mol. The molecule has 2 heterocycles. The van der Waals surface area contributed by atoms with Crippen LogP contribution in [0.4, 0.5) is 0 Å². The second kappa shape index (κ2) is 8.97. The zero-order valence-electron chi connectivity index (χ0n) is 18.4. The maximum Gasteiger partial charge on any atom is 0.243 e. The van der Waals surface area contributed by atoms with E-state index in [2.05, 4.69) is 24.5 Å². The van der Waals surface area contributed by atoms with Crippen molar-refractivity contribution in [2.45, 2.75) is 75.3 Å². The fourth-order valence-corrected chi connectivity index (χ4v) is 6.53. The van der Waals surface area contributed by atoms with Crippen LogP contribution in [0, 0.1) is 5.92 Å². The van der Waals surface area contributed by atoms with E-state index in [4.69, 9.17) is 4.99 Å². The van der Waals surface area contributed by atoms with Crippen molar-refractivity contribution in [1.29, 1.82) is 0 Å². The highest BCUT2D eigenvalue weighted by Gasteiger charge is 2.43. The predicted octanol–water partition coefficient (Wildman–Crippen LogP) is 2.94. The van der Waals surface area contributed by atoms with Gasteiger partial charge >= 0.3 is 0 Å². The zero-order chi connectivity index (χ0) is 21.2. The van der Waals surface area contributed by atoms with Crippen LogP contribution in [0.1, 0.15) is 57.9 Å². The molecule has 1 aromatic rings. The number of hydrogen-bond acceptors (Lipinski definition) is 5. The number of rotatable bonds is 5. The van der Waals surface area contributed by atoms with Crippen LogP contribution < -0.4 is 10.6 Å². The third kappa shape index (κ3) is 4.58. The molecule has 0 bridgehead atoms. The first-order valence-electron chi connectivity index (χ1n) is 11.5. The van der Waals surface area contributed by atoms with Crippen molar-refractivity contribution in [3.05, 3.63) is 29.8 Å². The number of nitrogens with zero attached hydrogens (tertiary/aromatic N) is 2. The lowest BCUT2D eigenvalue weighted by atomic mass is 9.85. The third-order valence-electron chi connectivity index (χ3n) is 6.78. The van der Waals surface area contributed by atoms with Gasteiger partial charge in [0, 0.05) is 25.7 Å². The molecule has 1 aromatic carbocycles. The van der Waals surface area contributed by atoms with Gasteiger partial charge in [-0.15, -0.1) is 0 Å². The fraction of sp³-hybridized carbons (Fsp3) is 0.696. The second-order valence-corrected chi connectivity index (χ2v) is 11.4. The molecule has 0 radical (unpaired) electrons. The summed E-state index contributed by atoms with van der Waals surface area (Å²) in [4.78, 5) is 5.23. The van der Waals surface area contributed by atoms with E-state index in [1.165, 1.54) is 31.2 Å². The molecule has 2 N–H and O–H groups in total. The minimum Gasteiger partial charge on any atom is -0.370 e. The summed E-state index contributed by atoms with van der Waals surface area (Å²) in [6.45, 7) is 7.05. The molecule has 7 heteroatoms. The molecule has 1 saturated heterocycles. The number of piperidine rings is 1. The molecule has 2 aliphatic heterocycles. The lowest BCUT2D eigenvalue weighted by Crippen LogP contribution is -2.65. The van der Waals surface area contributed by atoms with Crippen LogP contribution in [0.5, 0.6) is 0 Å². The van der Waals surface area contributed by atoms with E-state index < -0.39 is 10.0 Å². The SMILES string of the molecule is CC(C)Cc1ccc(S(=O)(=O)N2CCC3(CC2)NCCN=C3NC2CCCC2)cc1. The van der Waals surface area contributed by atoms with Crippen LogP contribution in [0.2, 0.25) is 0 Å². The van der Waals surface area contributed by atoms with E-state index in [-0.39, 0.29) is 5.54 Å². The van der Waals surface area contributed by atoms with E-state index in [1.54, 1.807) is 16.4 Å². The average Bonchev–Trinajstić information content (AvgIpc) is 3.23. The van der Waals surface area contributed by atoms with E-state index in [0.29, 0.717) is 29.9 Å². The summed E-state index contributed by atoms with van der Waals surface area (Å²) in [6, 6.07) is 7.97. The van der Waals surface area contributed by atoms with Crippen LogP contribution in [0.25, 0.3) is 0 Å². The molecule has 0 atom stereocenters. The third-order valence-corrected chi connectivity index (χ3v) is 8.69. The molecule has 3 aliphatic rings. The smallest absolute Gasteiger partial charge is 0.243 e. The van der Waals surface area contributed by atoms with Crippen molar-refractivity contribution in [3.8, 4) is 0 Å². The van der Waals surface area contributed by atoms with Crippen molar-refractivity contribution in [3.63, 3.8) is 0 Å². The first kappa shape index (κ1) is 21.8. The minimum atomic E-state index is -3.46. The monoisotopic (exact) mass is 432 g/mol. The maximum atomic E-state index is 13.2. The van der Waals surface area contributed by atoms with Crippen LogP contribution in [0.3, 0.4) is 0 Å². The van der Waals surface area contributed by atoms with E-state index in [9.17, 15) is 8.42 Å². The van der Waals surface area contributed by atoms with Crippen LogP contribution in [0.15, 0.2) is 34.2 Å². The molecule has 166 valence electrons. The number of amidine groups is 1. The summed E-state index contributed by atoms with van der Waals surface area (Å²) in [5, 5.41) is 7.39. The Bertz CT molecular complexity index is 850. The van der Waals surface area contributed by atoms with Crippen LogP contribution in [-0.4, -0.2) is 56.3 Å². The first-order chi connectivity index (χ1) is 14.4. The molecule has 4 rings (SSSR count). The Kier molecular flexibility index (Phi) is 6.51. The quantitative estimate of drug-likeness (QED) is 0.750. The number of nitrogens with one attached hydrogen (secondary N) is 2. The zero-order valence-corrected chi connectivity index (χ0v) is 19.2. The van der Waals surface area contributed by atoms with Crippen LogP contribution in [-0.2, 0) is 16.4 Å². The molecule has 30 heavy (non-hydrogen) atoms. The highest BCUT2D eigenvalue weighted by atomic mass is 32.2. The van der Waals surface area contributed by atoms with Gasteiger partial charge in [0.15, 0.2) is 0 Å². The minimum absolute atomic E-state index is 0.200. The van der Waals surface area contributed by atoms with Crippen molar-refractivity contribution < 1.29 is 8.42 Å². The summed E-state index contributed by atoms with van der Waals surface area (Å²) in [6.07, 6.45) is 7.48. The van der Waals surface area contributed by atoms with Crippen LogP contribution >= 0.6 is 0 Å². The van der Waals surface area contributed by atoms with E-state index in [0.717, 1.165) is 38.2 Å². The number of benzene rings is 1. The lowest BCUT2D eigenvalue weighted by molar-refractivity contribution is 0.240. The van der Waals surface area contributed by atoms with Gasteiger partial charge in [0.2, 0.25) is 10.0 Å². The first-order valence-corrected chi connectivity index (χ1v) is 13.0. The summed E-state index contributed by atoms with van der Waals surface area (Å²) >= 11 is 0. The Hall–Kier alpha value is -1.44. The largest absolute Gasteiger partial charge is 0.370 e. The Morgan fingerprint density at radius 1 is 1.17 bits per heavy atom. The molecule has 0 unspecified atom stereocenters. The number of aliphatic imine (C=N–C) groups is 1. The summed E-state index contributed by atoms with van der Waals surface area (Å²) in [7, 11) is -3.46. The Balaban J connectivity index is 1.43. The van der Waals surface area contributed by atoms with E-state index in [1.807, 2.05) is 12.1 Å². The average molecular weight is 433 g/mol. The van der Waals surface area contributed by atoms with Gasteiger partial charge in [-0.25, -0.2) is 8.42 Å². The topological polar surface area (TPSA) is 73.8 Å².